The normalized spacial score (nSPS) is 11.5. The molecule has 0 saturated heterocycles. The number of hydrogen-bond acceptors (Lipinski definition) is 8. The number of aryl methyl sites for hydroxylation is 1. The second-order valence-electron chi connectivity index (χ2n) is 5.68. The lowest BCUT2D eigenvalue weighted by atomic mass is 10.2. The third kappa shape index (κ3) is 5.09. The average molecular weight is 449 g/mol. The summed E-state index contributed by atoms with van der Waals surface area (Å²) in [6.07, 6.45) is 2.40. The summed E-state index contributed by atoms with van der Waals surface area (Å²) in [4.78, 5) is 8.67. The zero-order valence-corrected chi connectivity index (χ0v) is 17.1. The predicted octanol–water partition coefficient (Wildman–Crippen LogP) is 3.60. The molecule has 29 heavy (non-hydrogen) atoms. The number of aromatic nitrogens is 4. The summed E-state index contributed by atoms with van der Waals surface area (Å²) in [5.41, 5.74) is 1.34. The Kier molecular flexibility index (Phi) is 7.30. The van der Waals surface area contributed by atoms with Crippen molar-refractivity contribution in [3.8, 4) is 10.8 Å². The van der Waals surface area contributed by atoms with Gasteiger partial charge in [0.25, 0.3) is 11.8 Å². The Morgan fingerprint density at radius 2 is 1.97 bits per heavy atom. The van der Waals surface area contributed by atoms with Crippen LogP contribution in [0.3, 0.4) is 0 Å². The third-order valence-electron chi connectivity index (χ3n) is 3.85. The molecule has 0 aliphatic carbocycles. The van der Waals surface area contributed by atoms with Crippen LogP contribution < -0.4 is 4.31 Å². The van der Waals surface area contributed by atoms with E-state index in [1.54, 1.807) is 19.2 Å². The van der Waals surface area contributed by atoms with Gasteiger partial charge in [-0.3, -0.25) is 14.0 Å². The standard InChI is InChI=1S/C16H17F2N5O3S2.FH/c1-3-10-5-11(7-19-6-10)23(28(24,25)4-2)9-13-20-8-12(27-13)15-21-22-16(26-15)14(17)18;/h5-8,14H,3-4,9H2,1-2H3;1H. The molecule has 3 aromatic rings. The molecule has 0 fully saturated rings. The van der Waals surface area contributed by atoms with Crippen LogP contribution >= 0.6 is 11.3 Å². The smallest absolute Gasteiger partial charge is 0.314 e. The van der Waals surface area contributed by atoms with Gasteiger partial charge in [0, 0.05) is 6.20 Å². The van der Waals surface area contributed by atoms with E-state index in [-0.39, 0.29) is 22.9 Å². The minimum Gasteiger partial charge on any atom is -0.414 e. The van der Waals surface area contributed by atoms with E-state index in [0.29, 0.717) is 22.0 Å². The minimum atomic E-state index is -3.59. The van der Waals surface area contributed by atoms with Crippen LogP contribution in [0.1, 0.15) is 36.7 Å². The van der Waals surface area contributed by atoms with Gasteiger partial charge in [-0.15, -0.1) is 21.5 Å². The Labute approximate surface area is 169 Å². The summed E-state index contributed by atoms with van der Waals surface area (Å²) in [5.74, 6) is -0.954. The van der Waals surface area contributed by atoms with Crippen molar-refractivity contribution in [2.45, 2.75) is 33.2 Å². The fraction of sp³-hybridized carbons (Fsp3) is 0.375. The summed E-state index contributed by atoms with van der Waals surface area (Å²) < 4.78 is 56.6. The van der Waals surface area contributed by atoms with Crippen molar-refractivity contribution in [1.29, 1.82) is 0 Å². The molecule has 0 aliphatic rings. The van der Waals surface area contributed by atoms with Gasteiger partial charge >= 0.3 is 6.43 Å². The van der Waals surface area contributed by atoms with Crippen LogP contribution in [-0.4, -0.2) is 34.3 Å². The van der Waals surface area contributed by atoms with Gasteiger partial charge in [-0.05, 0) is 25.0 Å². The molecule has 3 heterocycles. The molecule has 0 bridgehead atoms. The average Bonchev–Trinajstić information content (AvgIpc) is 3.35. The van der Waals surface area contributed by atoms with Crippen LogP contribution in [-0.2, 0) is 23.0 Å². The molecule has 158 valence electrons. The van der Waals surface area contributed by atoms with Gasteiger partial charge in [-0.2, -0.15) is 8.78 Å². The number of rotatable bonds is 8. The number of halogens is 3. The van der Waals surface area contributed by atoms with E-state index in [4.69, 9.17) is 4.42 Å². The summed E-state index contributed by atoms with van der Waals surface area (Å²) in [5, 5.41) is 7.31. The lowest BCUT2D eigenvalue weighted by Crippen LogP contribution is -2.32. The van der Waals surface area contributed by atoms with Crippen LogP contribution in [0.2, 0.25) is 0 Å². The Hall–Kier alpha value is -2.54. The Balaban J connectivity index is 0.00000300. The molecular weight excluding hydrogens is 431 g/mol. The van der Waals surface area contributed by atoms with Crippen LogP contribution in [0.15, 0.2) is 29.1 Å². The molecule has 0 saturated carbocycles. The molecule has 0 aromatic carbocycles. The summed E-state index contributed by atoms with van der Waals surface area (Å²) in [6, 6.07) is 1.77. The fourth-order valence-corrected chi connectivity index (χ4v) is 4.30. The molecular formula is C16H18F3N5O3S2. The zero-order chi connectivity index (χ0) is 20.3. The molecule has 0 aliphatic heterocycles. The largest absolute Gasteiger partial charge is 0.414 e. The molecule has 0 unspecified atom stereocenters. The second kappa shape index (κ2) is 9.31. The minimum absolute atomic E-state index is 0. The Morgan fingerprint density at radius 1 is 1.21 bits per heavy atom. The molecule has 3 rings (SSSR count). The molecule has 3 aromatic heterocycles. The maximum atomic E-state index is 12.6. The van der Waals surface area contributed by atoms with Crippen molar-refractivity contribution in [3.05, 3.63) is 41.1 Å². The highest BCUT2D eigenvalue weighted by Gasteiger charge is 2.24. The van der Waals surface area contributed by atoms with E-state index in [1.165, 1.54) is 16.7 Å². The highest BCUT2D eigenvalue weighted by Crippen LogP contribution is 2.30. The van der Waals surface area contributed by atoms with Crippen molar-refractivity contribution in [1.82, 2.24) is 20.2 Å². The highest BCUT2D eigenvalue weighted by atomic mass is 32.2. The maximum Gasteiger partial charge on any atom is 0.314 e. The van der Waals surface area contributed by atoms with Gasteiger partial charge in [0.1, 0.15) is 9.88 Å². The highest BCUT2D eigenvalue weighted by molar-refractivity contribution is 7.92. The lowest BCUT2D eigenvalue weighted by molar-refractivity contribution is 0.116. The Morgan fingerprint density at radius 3 is 2.59 bits per heavy atom. The molecule has 0 atom stereocenters. The number of nitrogens with zero attached hydrogens (tertiary/aromatic N) is 5. The first-order valence-corrected chi connectivity index (χ1v) is 10.8. The van der Waals surface area contributed by atoms with E-state index >= 15 is 0 Å². The summed E-state index contributed by atoms with van der Waals surface area (Å²) >= 11 is 1.09. The van der Waals surface area contributed by atoms with Crippen LogP contribution in [0.4, 0.5) is 19.2 Å². The van der Waals surface area contributed by atoms with Crippen molar-refractivity contribution < 1.29 is 26.3 Å². The molecule has 0 spiro atoms. The second-order valence-corrected chi connectivity index (χ2v) is 8.97. The van der Waals surface area contributed by atoms with Crippen molar-refractivity contribution in [3.63, 3.8) is 0 Å². The molecule has 8 nitrogen and oxygen atoms in total. The number of sulfonamides is 1. The van der Waals surface area contributed by atoms with E-state index in [2.05, 4.69) is 20.2 Å². The monoisotopic (exact) mass is 449 g/mol. The Bertz CT molecular complexity index is 1060. The first kappa shape index (κ1) is 22.7. The summed E-state index contributed by atoms with van der Waals surface area (Å²) in [7, 11) is -3.59. The maximum absolute atomic E-state index is 12.6. The zero-order valence-electron chi connectivity index (χ0n) is 15.4. The van der Waals surface area contributed by atoms with Gasteiger partial charge in [0.05, 0.1) is 30.4 Å². The van der Waals surface area contributed by atoms with E-state index in [9.17, 15) is 17.2 Å². The number of hydrogen-bond donors (Lipinski definition) is 0. The number of thiazole rings is 1. The van der Waals surface area contributed by atoms with Crippen LogP contribution in [0.25, 0.3) is 10.8 Å². The topological polar surface area (TPSA) is 102 Å². The van der Waals surface area contributed by atoms with E-state index < -0.39 is 22.3 Å². The van der Waals surface area contributed by atoms with Crippen molar-refractivity contribution in [2.24, 2.45) is 0 Å². The number of alkyl halides is 2. The first-order valence-electron chi connectivity index (χ1n) is 8.35. The molecule has 0 amide bonds. The van der Waals surface area contributed by atoms with Gasteiger partial charge < -0.3 is 4.42 Å². The number of pyridine rings is 1. The summed E-state index contributed by atoms with van der Waals surface area (Å²) in [6.45, 7) is 3.48. The molecule has 13 heteroatoms. The van der Waals surface area contributed by atoms with Crippen LogP contribution in [0, 0.1) is 0 Å². The predicted molar refractivity (Wildman–Crippen MR) is 102 cm³/mol. The van der Waals surface area contributed by atoms with Gasteiger partial charge in [-0.1, -0.05) is 6.92 Å². The van der Waals surface area contributed by atoms with Crippen molar-refractivity contribution in [2.75, 3.05) is 10.1 Å². The molecule has 0 N–H and O–H groups in total. The fourth-order valence-electron chi connectivity index (χ4n) is 2.34. The first-order chi connectivity index (χ1) is 13.3. The third-order valence-corrected chi connectivity index (χ3v) is 6.56. The quantitative estimate of drug-likeness (QED) is 0.518. The SMILES string of the molecule is CCc1cncc(N(Cc2ncc(-c3nnc(C(F)F)o3)s2)S(=O)(=O)CC)c1.F. The van der Waals surface area contributed by atoms with Gasteiger partial charge in [0.2, 0.25) is 10.0 Å². The van der Waals surface area contributed by atoms with Crippen LogP contribution in [0.5, 0.6) is 0 Å². The number of anilines is 1. The van der Waals surface area contributed by atoms with E-state index in [1.807, 2.05) is 6.92 Å². The van der Waals surface area contributed by atoms with Gasteiger partial charge in [-0.25, -0.2) is 13.4 Å². The molecule has 0 radical (unpaired) electrons. The van der Waals surface area contributed by atoms with Gasteiger partial charge in [0.15, 0.2) is 0 Å². The van der Waals surface area contributed by atoms with Crippen molar-refractivity contribution >= 4 is 27.0 Å². The van der Waals surface area contributed by atoms with E-state index in [0.717, 1.165) is 16.9 Å². The lowest BCUT2D eigenvalue weighted by Gasteiger charge is -2.22.